The molecule has 1 aromatic carbocycles. The zero-order valence-electron chi connectivity index (χ0n) is 16.5. The summed E-state index contributed by atoms with van der Waals surface area (Å²) in [6.07, 6.45) is 0. The SMILES string of the molecule is COc1ccc(S(=O)(=O)N[C@H](COC(C)(C)C)C(=O)OC(C)(C)C)cc1. The van der Waals surface area contributed by atoms with Crippen molar-refractivity contribution >= 4 is 16.0 Å². The van der Waals surface area contributed by atoms with Crippen molar-refractivity contribution in [2.45, 2.75) is 63.7 Å². The van der Waals surface area contributed by atoms with Crippen molar-refractivity contribution in [1.82, 2.24) is 4.72 Å². The van der Waals surface area contributed by atoms with Gasteiger partial charge in [-0.25, -0.2) is 8.42 Å². The topological polar surface area (TPSA) is 90.9 Å². The number of rotatable bonds is 7. The van der Waals surface area contributed by atoms with Crippen molar-refractivity contribution in [1.29, 1.82) is 0 Å². The van der Waals surface area contributed by atoms with Crippen molar-refractivity contribution < 1.29 is 27.4 Å². The summed E-state index contributed by atoms with van der Waals surface area (Å²) in [5.74, 6) is -0.164. The third-order valence-electron chi connectivity index (χ3n) is 3.04. The quantitative estimate of drug-likeness (QED) is 0.723. The van der Waals surface area contributed by atoms with Crippen LogP contribution in [0, 0.1) is 0 Å². The Morgan fingerprint density at radius 1 is 1.04 bits per heavy atom. The summed E-state index contributed by atoms with van der Waals surface area (Å²) in [6.45, 7) is 10.4. The molecule has 7 nitrogen and oxygen atoms in total. The van der Waals surface area contributed by atoms with Crippen LogP contribution in [0.15, 0.2) is 29.2 Å². The third kappa shape index (κ3) is 7.72. The number of ether oxygens (including phenoxy) is 3. The molecule has 0 bridgehead atoms. The van der Waals surface area contributed by atoms with Gasteiger partial charge in [0.15, 0.2) is 0 Å². The molecule has 0 fully saturated rings. The van der Waals surface area contributed by atoms with Gasteiger partial charge in [0.05, 0.1) is 24.2 Å². The van der Waals surface area contributed by atoms with Crippen molar-refractivity contribution in [2.75, 3.05) is 13.7 Å². The number of sulfonamides is 1. The second-order valence-electron chi connectivity index (χ2n) is 7.81. The fourth-order valence-electron chi connectivity index (χ4n) is 1.87. The van der Waals surface area contributed by atoms with Crippen LogP contribution in [0.1, 0.15) is 41.5 Å². The Labute approximate surface area is 156 Å². The predicted octanol–water partition coefficient (Wildman–Crippen LogP) is 2.50. The molecule has 0 aliphatic heterocycles. The molecule has 0 aliphatic carbocycles. The van der Waals surface area contributed by atoms with E-state index in [2.05, 4.69) is 4.72 Å². The van der Waals surface area contributed by atoms with E-state index < -0.39 is 33.2 Å². The number of methoxy groups -OCH3 is 1. The minimum absolute atomic E-state index is 0.0163. The number of carbonyl (C=O) groups is 1. The van der Waals surface area contributed by atoms with E-state index in [1.165, 1.54) is 31.4 Å². The van der Waals surface area contributed by atoms with Gasteiger partial charge in [-0.1, -0.05) is 0 Å². The molecule has 1 aromatic rings. The van der Waals surface area contributed by atoms with Gasteiger partial charge in [0, 0.05) is 0 Å². The second kappa shape index (κ2) is 8.37. The first-order chi connectivity index (χ1) is 11.7. The minimum Gasteiger partial charge on any atom is -0.497 e. The Kier molecular flexibility index (Phi) is 7.21. The Morgan fingerprint density at radius 3 is 2.00 bits per heavy atom. The normalized spacial score (nSPS) is 14.0. The van der Waals surface area contributed by atoms with E-state index in [9.17, 15) is 13.2 Å². The molecule has 0 unspecified atom stereocenters. The van der Waals surface area contributed by atoms with Crippen molar-refractivity contribution in [3.8, 4) is 5.75 Å². The third-order valence-corrected chi connectivity index (χ3v) is 4.53. The number of hydrogen-bond donors (Lipinski definition) is 1. The maximum absolute atomic E-state index is 12.6. The summed E-state index contributed by atoms with van der Waals surface area (Å²) in [6, 6.07) is 4.70. The Hall–Kier alpha value is -1.64. The van der Waals surface area contributed by atoms with Crippen LogP contribution in [0.4, 0.5) is 0 Å². The summed E-state index contributed by atoms with van der Waals surface area (Å²) >= 11 is 0. The van der Waals surface area contributed by atoms with Gasteiger partial charge in [-0.05, 0) is 65.8 Å². The lowest BCUT2D eigenvalue weighted by Crippen LogP contribution is -2.48. The first-order valence-corrected chi connectivity index (χ1v) is 9.75. The number of benzene rings is 1. The van der Waals surface area contributed by atoms with E-state index in [1.54, 1.807) is 20.8 Å². The average Bonchev–Trinajstić information content (AvgIpc) is 2.48. The first kappa shape index (κ1) is 22.4. The molecule has 0 saturated heterocycles. The zero-order chi connectivity index (χ0) is 20.2. The Bertz CT molecular complexity index is 699. The number of esters is 1. The summed E-state index contributed by atoms with van der Waals surface area (Å²) < 4.78 is 43.6. The predicted molar refractivity (Wildman–Crippen MR) is 98.7 cm³/mol. The standard InChI is InChI=1S/C18H29NO6S/c1-17(2,3)24-12-15(16(20)25-18(4,5)6)19-26(21,22)14-10-8-13(23-7)9-11-14/h8-11,15,19H,12H2,1-7H3/t15-/m1/s1. The van der Waals surface area contributed by atoms with Gasteiger partial charge < -0.3 is 14.2 Å². The van der Waals surface area contributed by atoms with E-state index in [4.69, 9.17) is 14.2 Å². The fraction of sp³-hybridized carbons (Fsp3) is 0.611. The number of carbonyl (C=O) groups excluding carboxylic acids is 1. The van der Waals surface area contributed by atoms with Crippen LogP contribution in [0.3, 0.4) is 0 Å². The monoisotopic (exact) mass is 387 g/mol. The highest BCUT2D eigenvalue weighted by atomic mass is 32.2. The molecular weight excluding hydrogens is 358 g/mol. The molecule has 0 heterocycles. The maximum Gasteiger partial charge on any atom is 0.327 e. The summed E-state index contributed by atoms with van der Waals surface area (Å²) in [4.78, 5) is 12.5. The van der Waals surface area contributed by atoms with Crippen LogP contribution in [0.5, 0.6) is 5.75 Å². The molecule has 0 radical (unpaired) electrons. The number of hydrogen-bond acceptors (Lipinski definition) is 6. The molecule has 148 valence electrons. The Balaban J connectivity index is 3.02. The largest absolute Gasteiger partial charge is 0.497 e. The molecule has 1 N–H and O–H groups in total. The van der Waals surface area contributed by atoms with Gasteiger partial charge in [-0.3, -0.25) is 4.79 Å². The van der Waals surface area contributed by atoms with Gasteiger partial charge >= 0.3 is 5.97 Å². The van der Waals surface area contributed by atoms with E-state index >= 15 is 0 Å². The molecular formula is C18H29NO6S. The van der Waals surface area contributed by atoms with Crippen molar-refractivity contribution in [3.05, 3.63) is 24.3 Å². The summed E-state index contributed by atoms with van der Waals surface area (Å²) in [7, 11) is -2.45. The van der Waals surface area contributed by atoms with Crippen LogP contribution >= 0.6 is 0 Å². The van der Waals surface area contributed by atoms with E-state index in [0.29, 0.717) is 5.75 Å². The molecule has 0 aromatic heterocycles. The molecule has 0 aliphatic rings. The van der Waals surface area contributed by atoms with Crippen LogP contribution in [0.2, 0.25) is 0 Å². The van der Waals surface area contributed by atoms with E-state index in [-0.39, 0.29) is 11.5 Å². The lowest BCUT2D eigenvalue weighted by molar-refractivity contribution is -0.159. The van der Waals surface area contributed by atoms with E-state index in [0.717, 1.165) is 0 Å². The maximum atomic E-state index is 12.6. The van der Waals surface area contributed by atoms with Crippen LogP contribution in [-0.4, -0.2) is 45.3 Å². The van der Waals surface area contributed by atoms with Gasteiger partial charge in [0.2, 0.25) is 10.0 Å². The zero-order valence-corrected chi connectivity index (χ0v) is 17.3. The molecule has 26 heavy (non-hydrogen) atoms. The van der Waals surface area contributed by atoms with Crippen LogP contribution < -0.4 is 9.46 Å². The average molecular weight is 387 g/mol. The smallest absolute Gasteiger partial charge is 0.327 e. The fourth-order valence-corrected chi connectivity index (χ4v) is 3.04. The van der Waals surface area contributed by atoms with Crippen molar-refractivity contribution in [3.63, 3.8) is 0 Å². The second-order valence-corrected chi connectivity index (χ2v) is 9.52. The molecule has 0 saturated carbocycles. The summed E-state index contributed by atoms with van der Waals surface area (Å²) in [5, 5.41) is 0. The van der Waals surface area contributed by atoms with Gasteiger partial charge in [-0.15, -0.1) is 0 Å². The first-order valence-electron chi connectivity index (χ1n) is 8.27. The molecule has 1 atom stereocenters. The van der Waals surface area contributed by atoms with Gasteiger partial charge in [0.25, 0.3) is 0 Å². The highest BCUT2D eigenvalue weighted by Crippen LogP contribution is 2.17. The molecule has 8 heteroatoms. The van der Waals surface area contributed by atoms with E-state index in [1.807, 2.05) is 20.8 Å². The molecule has 0 spiro atoms. The highest BCUT2D eigenvalue weighted by molar-refractivity contribution is 7.89. The van der Waals surface area contributed by atoms with Gasteiger partial charge in [-0.2, -0.15) is 4.72 Å². The lowest BCUT2D eigenvalue weighted by atomic mass is 10.2. The molecule has 0 amide bonds. The highest BCUT2D eigenvalue weighted by Gasteiger charge is 2.31. The molecule has 1 rings (SSSR count). The minimum atomic E-state index is -3.94. The lowest BCUT2D eigenvalue weighted by Gasteiger charge is -2.27. The van der Waals surface area contributed by atoms with Gasteiger partial charge in [0.1, 0.15) is 17.4 Å². The van der Waals surface area contributed by atoms with Crippen LogP contribution in [0.25, 0.3) is 0 Å². The van der Waals surface area contributed by atoms with Crippen LogP contribution in [-0.2, 0) is 24.3 Å². The summed E-state index contributed by atoms with van der Waals surface area (Å²) in [5.41, 5.74) is -1.28. The number of nitrogens with one attached hydrogen (secondary N) is 1. The van der Waals surface area contributed by atoms with Crippen molar-refractivity contribution in [2.24, 2.45) is 0 Å². The Morgan fingerprint density at radius 2 is 1.58 bits per heavy atom.